The van der Waals surface area contributed by atoms with E-state index in [0.717, 1.165) is 64.2 Å². The van der Waals surface area contributed by atoms with Gasteiger partial charge in [0.2, 0.25) is 0 Å². The zero-order chi connectivity index (χ0) is 36.7. The second kappa shape index (κ2) is 20.5. The Morgan fingerprint density at radius 2 is 1.72 bits per heavy atom. The lowest BCUT2D eigenvalue weighted by Gasteiger charge is -2.34. The van der Waals surface area contributed by atoms with Crippen molar-refractivity contribution in [3.05, 3.63) is 52.6 Å². The minimum absolute atomic E-state index is 0.0744. The molecule has 2 N–H and O–H groups in total. The molecule has 3 heterocycles. The number of benzene rings is 1. The number of unbranched alkanes of at least 4 members (excludes halogenated alkanes) is 4. The Labute approximate surface area is 297 Å². The molecule has 2 fully saturated rings. The highest BCUT2D eigenvalue weighted by molar-refractivity contribution is 5.87. The van der Waals surface area contributed by atoms with Gasteiger partial charge in [-0.15, -0.1) is 0 Å². The standard InChI is InChI=1S/C37H53F3N6O2.C2H6/c1-26(2)46-20-15-28(16-21-46)29(24-48)23-32-35(42-25-43-36(32)45(4)19-8-6-5-7-9-22-47)44-27(3)31-11-10-12-33(34(31)38)37(39,40)30-13-17-41-18-14-30;1-2/h10-12,22-28,30,41H,5-9,13-21H2,1-4H3,(H,42,43,44);1-2H3/b29-23+;/t27-;/m1./s1. The van der Waals surface area contributed by atoms with E-state index in [2.05, 4.69) is 39.3 Å². The fourth-order valence-corrected chi connectivity index (χ4v) is 6.97. The first-order valence-corrected chi connectivity index (χ1v) is 18.6. The Kier molecular flexibility index (Phi) is 16.9. The molecule has 1 aromatic carbocycles. The van der Waals surface area contributed by atoms with Crippen LogP contribution in [0.3, 0.4) is 0 Å². The van der Waals surface area contributed by atoms with Crippen molar-refractivity contribution < 1.29 is 22.8 Å². The molecule has 4 rings (SSSR count). The SMILES string of the molecule is CC.CC(C)N1CCC(/C(C=O)=C/c2c(N[C@H](C)c3cccc(C(F)(F)C4CCNCC4)c3F)ncnc2N(C)CCCCCCC=O)CC1. The fraction of sp³-hybridized carbons (Fsp3) is 0.641. The quantitative estimate of drug-likeness (QED) is 0.0971. The number of anilines is 2. The molecular formula is C39H59F3N6O2. The number of aldehydes is 2. The summed E-state index contributed by atoms with van der Waals surface area (Å²) in [6, 6.07) is 3.94. The summed E-state index contributed by atoms with van der Waals surface area (Å²) >= 11 is 0. The number of nitrogens with zero attached hydrogens (tertiary/aromatic N) is 4. The molecule has 0 saturated carbocycles. The van der Waals surface area contributed by atoms with Crippen molar-refractivity contribution in [2.45, 2.75) is 110 Å². The van der Waals surface area contributed by atoms with Crippen LogP contribution in [0.1, 0.15) is 115 Å². The molecule has 0 radical (unpaired) electrons. The minimum Gasteiger partial charge on any atom is -0.363 e. The van der Waals surface area contributed by atoms with Crippen LogP contribution in [0.4, 0.5) is 24.8 Å². The van der Waals surface area contributed by atoms with Gasteiger partial charge in [-0.2, -0.15) is 0 Å². The van der Waals surface area contributed by atoms with Crippen LogP contribution in [-0.4, -0.2) is 73.3 Å². The number of halogens is 3. The van der Waals surface area contributed by atoms with Crippen molar-refractivity contribution in [2.75, 3.05) is 50.0 Å². The minimum atomic E-state index is -3.29. The van der Waals surface area contributed by atoms with Crippen LogP contribution >= 0.6 is 0 Å². The molecule has 0 unspecified atom stereocenters. The molecule has 8 nitrogen and oxygen atoms in total. The molecule has 0 spiro atoms. The topological polar surface area (TPSA) is 90.5 Å². The summed E-state index contributed by atoms with van der Waals surface area (Å²) in [5.74, 6) is -4.03. The molecule has 1 atom stereocenters. The lowest BCUT2D eigenvalue weighted by atomic mass is 9.86. The number of hydrogen-bond acceptors (Lipinski definition) is 8. The van der Waals surface area contributed by atoms with E-state index in [1.54, 1.807) is 6.92 Å². The van der Waals surface area contributed by atoms with Gasteiger partial charge >= 0.3 is 0 Å². The van der Waals surface area contributed by atoms with Crippen LogP contribution in [-0.2, 0) is 15.5 Å². The van der Waals surface area contributed by atoms with E-state index in [1.165, 1.54) is 24.5 Å². The van der Waals surface area contributed by atoms with Crippen LogP contribution in [0.2, 0.25) is 0 Å². The first-order valence-electron chi connectivity index (χ1n) is 18.6. The summed E-state index contributed by atoms with van der Waals surface area (Å²) in [4.78, 5) is 36.8. The van der Waals surface area contributed by atoms with Gasteiger partial charge in [-0.1, -0.05) is 44.9 Å². The number of carbonyl (C=O) groups is 2. The fourth-order valence-electron chi connectivity index (χ4n) is 6.97. The largest absolute Gasteiger partial charge is 0.363 e. The summed E-state index contributed by atoms with van der Waals surface area (Å²) in [5.41, 5.74) is 0.810. The lowest BCUT2D eigenvalue weighted by molar-refractivity contribution is -0.108. The molecule has 50 heavy (non-hydrogen) atoms. The van der Waals surface area contributed by atoms with Crippen molar-refractivity contribution in [2.24, 2.45) is 11.8 Å². The molecule has 2 aliphatic rings. The predicted octanol–water partition coefficient (Wildman–Crippen LogP) is 8.19. The summed E-state index contributed by atoms with van der Waals surface area (Å²) in [5, 5.41) is 6.39. The van der Waals surface area contributed by atoms with Crippen LogP contribution in [0.15, 0.2) is 30.1 Å². The van der Waals surface area contributed by atoms with Crippen molar-refractivity contribution >= 4 is 30.3 Å². The number of alkyl halides is 2. The number of hydrogen-bond donors (Lipinski definition) is 2. The van der Waals surface area contributed by atoms with E-state index in [0.29, 0.717) is 54.9 Å². The van der Waals surface area contributed by atoms with Crippen LogP contribution < -0.4 is 15.5 Å². The number of aromatic nitrogens is 2. The number of likely N-dealkylation sites (tertiary alicyclic amines) is 1. The molecule has 2 saturated heterocycles. The Bertz CT molecular complexity index is 1370. The maximum atomic E-state index is 16.0. The van der Waals surface area contributed by atoms with E-state index < -0.39 is 29.3 Å². The second-order valence-electron chi connectivity index (χ2n) is 13.6. The number of nitrogens with one attached hydrogen (secondary N) is 2. The Morgan fingerprint density at radius 1 is 1.04 bits per heavy atom. The van der Waals surface area contributed by atoms with E-state index in [9.17, 15) is 9.59 Å². The van der Waals surface area contributed by atoms with Gasteiger partial charge in [0.05, 0.1) is 17.2 Å². The van der Waals surface area contributed by atoms with E-state index >= 15 is 13.2 Å². The normalized spacial score (nSPS) is 17.2. The third kappa shape index (κ3) is 10.8. The second-order valence-corrected chi connectivity index (χ2v) is 13.6. The lowest BCUT2D eigenvalue weighted by Crippen LogP contribution is -2.38. The Hall–Kier alpha value is -3.31. The van der Waals surface area contributed by atoms with Crippen LogP contribution in [0.5, 0.6) is 0 Å². The third-order valence-electron chi connectivity index (χ3n) is 10.0. The first-order chi connectivity index (χ1) is 24.1. The summed E-state index contributed by atoms with van der Waals surface area (Å²) in [6.07, 6.45) is 11.6. The smallest absolute Gasteiger partial charge is 0.278 e. The van der Waals surface area contributed by atoms with Gasteiger partial charge in [0, 0.05) is 37.5 Å². The van der Waals surface area contributed by atoms with Crippen LogP contribution in [0.25, 0.3) is 6.08 Å². The summed E-state index contributed by atoms with van der Waals surface area (Å²) in [6.45, 7) is 13.5. The van der Waals surface area contributed by atoms with Gasteiger partial charge in [0.15, 0.2) is 0 Å². The highest BCUT2D eigenvalue weighted by atomic mass is 19.3. The van der Waals surface area contributed by atoms with Gasteiger partial charge < -0.3 is 25.2 Å². The maximum absolute atomic E-state index is 16.0. The first kappa shape index (κ1) is 41.1. The molecule has 11 heteroatoms. The van der Waals surface area contributed by atoms with Gasteiger partial charge in [0.25, 0.3) is 5.92 Å². The molecule has 0 bridgehead atoms. The highest BCUT2D eigenvalue weighted by Gasteiger charge is 2.44. The predicted molar refractivity (Wildman–Crippen MR) is 197 cm³/mol. The molecule has 2 aromatic rings. The summed E-state index contributed by atoms with van der Waals surface area (Å²) in [7, 11) is 1.94. The van der Waals surface area contributed by atoms with Crippen molar-refractivity contribution in [3.63, 3.8) is 0 Å². The molecule has 2 aliphatic heterocycles. The Morgan fingerprint density at radius 3 is 2.36 bits per heavy atom. The molecule has 1 aromatic heterocycles. The molecular weight excluding hydrogens is 641 g/mol. The highest BCUT2D eigenvalue weighted by Crippen LogP contribution is 2.43. The molecule has 0 amide bonds. The van der Waals surface area contributed by atoms with Crippen LogP contribution in [0, 0.1) is 17.7 Å². The van der Waals surface area contributed by atoms with Crippen molar-refractivity contribution in [1.82, 2.24) is 20.2 Å². The monoisotopic (exact) mass is 700 g/mol. The number of carbonyl (C=O) groups excluding carboxylic acids is 2. The molecule has 0 aliphatic carbocycles. The average molecular weight is 701 g/mol. The van der Waals surface area contributed by atoms with E-state index in [1.807, 2.05) is 31.9 Å². The maximum Gasteiger partial charge on any atom is 0.278 e. The number of rotatable bonds is 17. The zero-order valence-corrected chi connectivity index (χ0v) is 31.0. The van der Waals surface area contributed by atoms with Crippen molar-refractivity contribution in [1.29, 1.82) is 0 Å². The van der Waals surface area contributed by atoms with Gasteiger partial charge in [-0.25, -0.2) is 23.1 Å². The van der Waals surface area contributed by atoms with Gasteiger partial charge in [-0.05, 0) is 103 Å². The van der Waals surface area contributed by atoms with Gasteiger partial charge in [-0.3, -0.25) is 4.79 Å². The average Bonchev–Trinajstić information content (AvgIpc) is 3.13. The number of piperidine rings is 2. The Balaban J connectivity index is 0.00000332. The third-order valence-corrected chi connectivity index (χ3v) is 10.0. The van der Waals surface area contributed by atoms with Crippen molar-refractivity contribution in [3.8, 4) is 0 Å². The summed E-state index contributed by atoms with van der Waals surface area (Å²) < 4.78 is 47.2. The van der Waals surface area contributed by atoms with Gasteiger partial charge in [0.1, 0.15) is 36.4 Å². The van der Waals surface area contributed by atoms with E-state index in [-0.39, 0.29) is 24.3 Å². The van der Waals surface area contributed by atoms with E-state index in [4.69, 9.17) is 0 Å². The number of allylic oxidation sites excluding steroid dienone is 1. The molecule has 278 valence electrons. The zero-order valence-electron chi connectivity index (χ0n) is 31.0.